The van der Waals surface area contributed by atoms with E-state index >= 15 is 0 Å². The van der Waals surface area contributed by atoms with Crippen LogP contribution in [0.3, 0.4) is 0 Å². The highest BCUT2D eigenvalue weighted by Gasteiger charge is 2.16. The van der Waals surface area contributed by atoms with Crippen molar-refractivity contribution in [2.45, 2.75) is 31.4 Å². The first kappa shape index (κ1) is 12.5. The monoisotopic (exact) mass is 232 g/mol. The van der Waals surface area contributed by atoms with Gasteiger partial charge in [-0.25, -0.2) is 4.79 Å². The van der Waals surface area contributed by atoms with Gasteiger partial charge in [0.1, 0.15) is 0 Å². The van der Waals surface area contributed by atoms with Crippen LogP contribution in [0.15, 0.2) is 0 Å². The van der Waals surface area contributed by atoms with E-state index < -0.39 is 10.8 Å². The molecule has 2 atom stereocenters. The first-order valence-electron chi connectivity index (χ1n) is 5.46. The van der Waals surface area contributed by atoms with Gasteiger partial charge in [0.2, 0.25) is 0 Å². The summed E-state index contributed by atoms with van der Waals surface area (Å²) in [6, 6.07) is -0.00741. The summed E-state index contributed by atoms with van der Waals surface area (Å²) in [4.78, 5) is 13.5. The summed E-state index contributed by atoms with van der Waals surface area (Å²) in [5.74, 6) is 0. The maximum atomic E-state index is 11.6. The van der Waals surface area contributed by atoms with Gasteiger partial charge in [0.05, 0.1) is 0 Å². The molecule has 1 rings (SSSR count). The Morgan fingerprint density at radius 2 is 2.00 bits per heavy atom. The van der Waals surface area contributed by atoms with Gasteiger partial charge in [0.15, 0.2) is 0 Å². The van der Waals surface area contributed by atoms with Crippen molar-refractivity contribution in [1.29, 1.82) is 0 Å². The van der Waals surface area contributed by atoms with Crippen molar-refractivity contribution < 1.29 is 9.00 Å². The van der Waals surface area contributed by atoms with Crippen LogP contribution in [0.4, 0.5) is 4.79 Å². The maximum Gasteiger partial charge on any atom is 0.317 e. The van der Waals surface area contributed by atoms with Gasteiger partial charge in [-0.3, -0.25) is 4.21 Å². The molecule has 1 fully saturated rings. The minimum Gasteiger partial charge on any atom is -0.337 e. The number of nitrogens with one attached hydrogen (secondary N) is 1. The van der Waals surface area contributed by atoms with Crippen LogP contribution in [0.2, 0.25) is 0 Å². The molecule has 1 aliphatic rings. The smallest absolute Gasteiger partial charge is 0.317 e. The van der Waals surface area contributed by atoms with Gasteiger partial charge in [0.25, 0.3) is 0 Å². The van der Waals surface area contributed by atoms with E-state index in [2.05, 4.69) is 5.32 Å². The van der Waals surface area contributed by atoms with Gasteiger partial charge in [-0.1, -0.05) is 0 Å². The van der Waals surface area contributed by atoms with Crippen molar-refractivity contribution in [2.75, 3.05) is 25.9 Å². The average molecular weight is 232 g/mol. The Morgan fingerprint density at radius 3 is 2.53 bits per heavy atom. The Labute approximate surface area is 93.9 Å². The summed E-state index contributed by atoms with van der Waals surface area (Å²) in [6.45, 7) is 4.09. The van der Waals surface area contributed by atoms with Gasteiger partial charge in [0, 0.05) is 41.9 Å². The topological polar surface area (TPSA) is 49.4 Å². The number of urea groups is 1. The van der Waals surface area contributed by atoms with Crippen molar-refractivity contribution in [3.05, 3.63) is 0 Å². The van der Waals surface area contributed by atoms with Crippen LogP contribution in [-0.4, -0.2) is 46.3 Å². The highest BCUT2D eigenvalue weighted by atomic mass is 32.2. The molecule has 4 nitrogen and oxygen atoms in total. The van der Waals surface area contributed by atoms with Crippen molar-refractivity contribution in [3.8, 4) is 0 Å². The van der Waals surface area contributed by atoms with Gasteiger partial charge in [-0.05, 0) is 26.2 Å². The maximum absolute atomic E-state index is 11.6. The fourth-order valence-corrected chi connectivity index (χ4v) is 1.88. The second kappa shape index (κ2) is 6.10. The van der Waals surface area contributed by atoms with Crippen molar-refractivity contribution >= 4 is 16.8 Å². The minimum absolute atomic E-state index is 0.00741. The summed E-state index contributed by atoms with van der Waals surface area (Å²) in [5, 5.41) is 2.85. The predicted octanol–water partition coefficient (Wildman–Crippen LogP) is 0.949. The number of likely N-dealkylation sites (tertiary alicyclic amines) is 1. The molecule has 0 spiro atoms. The van der Waals surface area contributed by atoms with Crippen LogP contribution in [0.5, 0.6) is 0 Å². The Balaban J connectivity index is 2.25. The molecule has 0 aliphatic carbocycles. The molecular weight excluding hydrogens is 212 g/mol. The van der Waals surface area contributed by atoms with Crippen molar-refractivity contribution in [2.24, 2.45) is 0 Å². The van der Waals surface area contributed by atoms with Crippen molar-refractivity contribution in [1.82, 2.24) is 10.2 Å². The fourth-order valence-electron chi connectivity index (χ4n) is 1.56. The zero-order valence-corrected chi connectivity index (χ0v) is 10.3. The van der Waals surface area contributed by atoms with E-state index in [9.17, 15) is 9.00 Å². The molecule has 1 saturated heterocycles. The number of hydrogen-bond donors (Lipinski definition) is 1. The van der Waals surface area contributed by atoms with Crippen molar-refractivity contribution in [3.63, 3.8) is 0 Å². The summed E-state index contributed by atoms with van der Waals surface area (Å²) in [6.07, 6.45) is 5.09. The molecule has 15 heavy (non-hydrogen) atoms. The number of nitrogens with zero attached hydrogens (tertiary/aromatic N) is 1. The van der Waals surface area contributed by atoms with E-state index in [1.807, 2.05) is 11.8 Å². The first-order valence-corrected chi connectivity index (χ1v) is 7.08. The van der Waals surface area contributed by atoms with Crippen LogP contribution in [-0.2, 0) is 10.8 Å². The van der Waals surface area contributed by atoms with Crippen LogP contribution in [0.25, 0.3) is 0 Å². The highest BCUT2D eigenvalue weighted by molar-refractivity contribution is 7.84. The molecule has 0 aromatic carbocycles. The molecule has 0 aromatic heterocycles. The summed E-state index contributed by atoms with van der Waals surface area (Å²) in [7, 11) is -0.865. The predicted molar refractivity (Wildman–Crippen MR) is 62.4 cm³/mol. The van der Waals surface area contributed by atoms with Crippen LogP contribution in [0.1, 0.15) is 26.2 Å². The number of piperidine rings is 1. The van der Waals surface area contributed by atoms with E-state index in [4.69, 9.17) is 0 Å². The van der Waals surface area contributed by atoms with E-state index in [0.717, 1.165) is 25.9 Å². The van der Waals surface area contributed by atoms with E-state index in [-0.39, 0.29) is 11.3 Å². The molecule has 1 N–H and O–H groups in total. The zero-order chi connectivity index (χ0) is 11.3. The molecule has 0 saturated carbocycles. The normalized spacial score (nSPS) is 20.8. The second-order valence-corrected chi connectivity index (χ2v) is 5.84. The molecule has 2 unspecified atom stereocenters. The average Bonchev–Trinajstić information content (AvgIpc) is 2.26. The van der Waals surface area contributed by atoms with Gasteiger partial charge < -0.3 is 10.2 Å². The third-order valence-corrected chi connectivity index (χ3v) is 4.05. The molecule has 0 aromatic rings. The SMILES string of the molecule is CC(CNC(=O)N1CCCCC1)S(C)=O. The summed E-state index contributed by atoms with van der Waals surface area (Å²) in [5.41, 5.74) is 0. The standard InChI is InChI=1S/C10H20N2O2S/c1-9(15(2)14)8-11-10(13)12-6-4-3-5-7-12/h9H,3-8H2,1-2H3,(H,11,13). The lowest BCUT2D eigenvalue weighted by Gasteiger charge is -2.27. The zero-order valence-electron chi connectivity index (χ0n) is 9.49. The molecule has 1 heterocycles. The van der Waals surface area contributed by atoms with Gasteiger partial charge >= 0.3 is 6.03 Å². The Hall–Kier alpha value is -0.580. The molecule has 0 radical (unpaired) electrons. The molecular formula is C10H20N2O2S. The summed E-state index contributed by atoms with van der Waals surface area (Å²) < 4.78 is 11.1. The lowest BCUT2D eigenvalue weighted by atomic mass is 10.1. The lowest BCUT2D eigenvalue weighted by Crippen LogP contribution is -2.45. The molecule has 5 heteroatoms. The Bertz CT molecular complexity index is 240. The van der Waals surface area contributed by atoms with Crippen LogP contribution in [0, 0.1) is 0 Å². The number of hydrogen-bond acceptors (Lipinski definition) is 2. The third kappa shape index (κ3) is 4.20. The first-order chi connectivity index (χ1) is 7.11. The molecule has 1 aliphatic heterocycles. The van der Waals surface area contributed by atoms with Gasteiger partial charge in [-0.15, -0.1) is 0 Å². The van der Waals surface area contributed by atoms with Gasteiger partial charge in [-0.2, -0.15) is 0 Å². The number of amides is 2. The quantitative estimate of drug-likeness (QED) is 0.787. The Kier molecular flexibility index (Phi) is 5.08. The Morgan fingerprint density at radius 1 is 1.40 bits per heavy atom. The van der Waals surface area contributed by atoms with E-state index in [1.54, 1.807) is 6.26 Å². The number of carbonyl (C=O) groups is 1. The number of carbonyl (C=O) groups excluding carboxylic acids is 1. The van der Waals surface area contributed by atoms with Crippen LogP contribution >= 0.6 is 0 Å². The van der Waals surface area contributed by atoms with E-state index in [1.165, 1.54) is 6.42 Å². The highest BCUT2D eigenvalue weighted by Crippen LogP contribution is 2.08. The molecule has 2 amide bonds. The van der Waals surface area contributed by atoms with Crippen LogP contribution < -0.4 is 5.32 Å². The fraction of sp³-hybridized carbons (Fsp3) is 0.900. The minimum atomic E-state index is -0.865. The molecule has 88 valence electrons. The number of rotatable bonds is 3. The van der Waals surface area contributed by atoms with E-state index in [0.29, 0.717) is 6.54 Å². The summed E-state index contributed by atoms with van der Waals surface area (Å²) >= 11 is 0. The molecule has 0 bridgehead atoms. The third-order valence-electron chi connectivity index (χ3n) is 2.75. The largest absolute Gasteiger partial charge is 0.337 e. The lowest BCUT2D eigenvalue weighted by molar-refractivity contribution is 0.186. The second-order valence-electron chi connectivity index (χ2n) is 4.04.